The second-order valence-corrected chi connectivity index (χ2v) is 20.8. The SMILES string of the molecule is CCOP(=O)(OCC)N1CCCN(S(=O)(=O)c2ccc(C)cc2)CCCN(S(=O)(=O)c2ccc(C)cc2)CCN(S(=O)(=O)c2ccc(C)cc2)CCC1. The van der Waals surface area contributed by atoms with Crippen molar-refractivity contribution in [2.75, 3.05) is 65.6 Å². The molecule has 0 spiro atoms. The van der Waals surface area contributed by atoms with E-state index in [2.05, 4.69) is 0 Å². The fraction of sp³-hybridized carbons (Fsp3) is 0.500. The minimum absolute atomic E-state index is 0.0166. The molecule has 4 rings (SSSR count). The van der Waals surface area contributed by atoms with Crippen LogP contribution in [0.15, 0.2) is 87.5 Å². The maximum absolute atomic E-state index is 14.1. The molecule has 1 aliphatic heterocycles. The van der Waals surface area contributed by atoms with Crippen LogP contribution in [0.3, 0.4) is 0 Å². The Labute approximate surface area is 316 Å². The van der Waals surface area contributed by atoms with Gasteiger partial charge in [0.2, 0.25) is 30.1 Å². The van der Waals surface area contributed by atoms with Gasteiger partial charge in [-0.25, -0.2) is 34.5 Å². The molecule has 0 amide bonds. The van der Waals surface area contributed by atoms with E-state index in [9.17, 15) is 29.8 Å². The minimum Gasteiger partial charge on any atom is -0.297 e. The summed E-state index contributed by atoms with van der Waals surface area (Å²) in [6, 6.07) is 19.4. The third-order valence-corrected chi connectivity index (χ3v) is 17.0. The van der Waals surface area contributed by atoms with E-state index in [0.717, 1.165) is 16.7 Å². The van der Waals surface area contributed by atoms with E-state index in [-0.39, 0.29) is 99.5 Å². The molecule has 3 aromatic rings. The number of hydrogen-bond donors (Lipinski definition) is 0. The quantitative estimate of drug-likeness (QED) is 0.222. The Morgan fingerprint density at radius 3 is 1.02 bits per heavy atom. The molecule has 1 saturated heterocycles. The lowest BCUT2D eigenvalue weighted by atomic mass is 10.2. The van der Waals surface area contributed by atoms with Crippen molar-refractivity contribution in [3.05, 3.63) is 89.5 Å². The second-order valence-electron chi connectivity index (χ2n) is 13.0. The lowest BCUT2D eigenvalue weighted by molar-refractivity contribution is 0.164. The predicted octanol–water partition coefficient (Wildman–Crippen LogP) is 5.65. The molecule has 0 atom stereocenters. The summed E-state index contributed by atoms with van der Waals surface area (Å²) in [6.45, 7) is 8.97. The van der Waals surface area contributed by atoms with Crippen LogP contribution in [0.1, 0.15) is 49.8 Å². The van der Waals surface area contributed by atoms with Crippen molar-refractivity contribution < 1.29 is 38.9 Å². The van der Waals surface area contributed by atoms with Crippen LogP contribution >= 0.6 is 7.75 Å². The minimum atomic E-state index is -4.12. The second kappa shape index (κ2) is 18.9. The van der Waals surface area contributed by atoms with Crippen LogP contribution in [-0.4, -0.2) is 108 Å². The van der Waals surface area contributed by atoms with Crippen molar-refractivity contribution in [2.24, 2.45) is 0 Å². The molecule has 0 aliphatic carbocycles. The number of hydrogen-bond acceptors (Lipinski definition) is 9. The predicted molar refractivity (Wildman–Crippen MR) is 206 cm³/mol. The molecule has 13 nitrogen and oxygen atoms in total. The molecule has 0 bridgehead atoms. The molecule has 0 unspecified atom stereocenters. The van der Waals surface area contributed by atoms with Gasteiger partial charge in [0.25, 0.3) is 0 Å². The Kier molecular flexibility index (Phi) is 15.4. The first-order valence-corrected chi connectivity index (χ1v) is 23.7. The number of nitrogens with zero attached hydrogens (tertiary/aromatic N) is 4. The zero-order chi connectivity index (χ0) is 38.9. The van der Waals surface area contributed by atoms with Gasteiger partial charge in [-0.15, -0.1) is 0 Å². The Morgan fingerprint density at radius 2 is 0.736 bits per heavy atom. The summed E-state index contributed by atoms with van der Waals surface area (Å²) in [5, 5.41) is 0. The van der Waals surface area contributed by atoms with Gasteiger partial charge in [0, 0.05) is 52.4 Å². The number of aryl methyl sites for hydroxylation is 3. The van der Waals surface area contributed by atoms with Gasteiger partial charge in [-0.05, 0) is 90.3 Å². The third kappa shape index (κ3) is 11.1. The van der Waals surface area contributed by atoms with E-state index >= 15 is 0 Å². The third-order valence-electron chi connectivity index (χ3n) is 8.97. The van der Waals surface area contributed by atoms with Gasteiger partial charge in [0.1, 0.15) is 0 Å². The summed E-state index contributed by atoms with van der Waals surface area (Å²) >= 11 is 0. The van der Waals surface area contributed by atoms with E-state index in [1.54, 1.807) is 67.0 Å². The molecule has 53 heavy (non-hydrogen) atoms. The highest BCUT2D eigenvalue weighted by Gasteiger charge is 2.35. The van der Waals surface area contributed by atoms with Crippen molar-refractivity contribution in [1.29, 1.82) is 0 Å². The van der Waals surface area contributed by atoms with Crippen LogP contribution in [0, 0.1) is 20.8 Å². The van der Waals surface area contributed by atoms with Crippen molar-refractivity contribution >= 4 is 37.8 Å². The summed E-state index contributed by atoms with van der Waals surface area (Å²) in [6.07, 6.45) is 0.568. The zero-order valence-corrected chi connectivity index (χ0v) is 34.6. The monoisotopic (exact) mass is 812 g/mol. The lowest BCUT2D eigenvalue weighted by Crippen LogP contribution is -2.43. The van der Waals surface area contributed by atoms with E-state index in [1.807, 2.05) is 20.8 Å². The van der Waals surface area contributed by atoms with Crippen LogP contribution in [0.4, 0.5) is 0 Å². The van der Waals surface area contributed by atoms with Crippen LogP contribution in [-0.2, 0) is 43.7 Å². The maximum atomic E-state index is 14.1. The topological polar surface area (TPSA) is 151 Å². The Bertz CT molecular complexity index is 2000. The van der Waals surface area contributed by atoms with Gasteiger partial charge < -0.3 is 0 Å². The summed E-state index contributed by atoms with van der Waals surface area (Å²) in [7, 11) is -16.1. The van der Waals surface area contributed by atoms with Crippen LogP contribution in [0.25, 0.3) is 0 Å². The van der Waals surface area contributed by atoms with Crippen molar-refractivity contribution in [3.8, 4) is 0 Å². The van der Waals surface area contributed by atoms with Crippen molar-refractivity contribution in [1.82, 2.24) is 17.6 Å². The Morgan fingerprint density at radius 1 is 0.472 bits per heavy atom. The molecule has 294 valence electrons. The first-order valence-electron chi connectivity index (χ1n) is 17.9. The van der Waals surface area contributed by atoms with E-state index in [1.165, 1.54) is 37.2 Å². The molecule has 0 aromatic heterocycles. The molecule has 0 radical (unpaired) electrons. The van der Waals surface area contributed by atoms with Crippen molar-refractivity contribution in [3.63, 3.8) is 0 Å². The largest absolute Gasteiger partial charge is 0.408 e. The van der Waals surface area contributed by atoms with Gasteiger partial charge in [-0.1, -0.05) is 53.1 Å². The molecular weight excluding hydrogens is 760 g/mol. The average Bonchev–Trinajstić information content (AvgIpc) is 3.11. The average molecular weight is 813 g/mol. The summed E-state index contributed by atoms with van der Waals surface area (Å²) in [4.78, 5) is 0.224. The zero-order valence-electron chi connectivity index (χ0n) is 31.3. The number of benzene rings is 3. The fourth-order valence-corrected chi connectivity index (χ4v) is 12.3. The van der Waals surface area contributed by atoms with Gasteiger partial charge >= 0.3 is 7.75 Å². The molecule has 0 N–H and O–H groups in total. The highest BCUT2D eigenvalue weighted by molar-refractivity contribution is 7.89. The standard InChI is InChI=1S/C36H53N4O9PS3/c1-6-48-50(41,49-7-2)37-23-8-25-38(51(42,43)34-17-11-31(3)12-18-34)27-10-28-40(53(46,47)36-21-15-33(5)16-22-36)30-29-39(26-9-24-37)52(44,45)35-19-13-32(4)14-20-35/h11-22H,6-10,23-30H2,1-5H3. The fourth-order valence-electron chi connectivity index (χ4n) is 6.02. The highest BCUT2D eigenvalue weighted by atomic mass is 32.2. The number of rotatable bonds is 11. The lowest BCUT2D eigenvalue weighted by Gasteiger charge is -2.31. The Balaban J connectivity index is 1.77. The van der Waals surface area contributed by atoms with Crippen molar-refractivity contribution in [2.45, 2.75) is 68.6 Å². The summed E-state index contributed by atoms with van der Waals surface area (Å²) in [5.41, 5.74) is 2.66. The van der Waals surface area contributed by atoms with Gasteiger partial charge in [-0.3, -0.25) is 9.05 Å². The number of sulfonamides is 3. The molecule has 1 heterocycles. The molecule has 1 fully saturated rings. The van der Waals surface area contributed by atoms with Gasteiger partial charge in [0.15, 0.2) is 0 Å². The maximum Gasteiger partial charge on any atom is 0.408 e. The summed E-state index contributed by atoms with van der Waals surface area (Å²) in [5.74, 6) is 0. The molecular formula is C36H53N4O9PS3. The van der Waals surface area contributed by atoms with Crippen LogP contribution < -0.4 is 0 Å². The molecule has 3 aromatic carbocycles. The van der Waals surface area contributed by atoms with E-state index < -0.39 is 37.8 Å². The van der Waals surface area contributed by atoms with E-state index in [4.69, 9.17) is 9.05 Å². The first kappa shape index (κ1) is 43.2. The normalized spacial score (nSPS) is 18.0. The van der Waals surface area contributed by atoms with Gasteiger partial charge in [-0.2, -0.15) is 12.9 Å². The highest BCUT2D eigenvalue weighted by Crippen LogP contribution is 2.52. The Hall–Kier alpha value is -2.50. The smallest absolute Gasteiger partial charge is 0.297 e. The van der Waals surface area contributed by atoms with Gasteiger partial charge in [0.05, 0.1) is 27.9 Å². The molecule has 1 aliphatic rings. The van der Waals surface area contributed by atoms with E-state index in [0.29, 0.717) is 0 Å². The van der Waals surface area contributed by atoms with Crippen LogP contribution in [0.5, 0.6) is 0 Å². The summed E-state index contributed by atoms with van der Waals surface area (Å²) < 4.78 is 115. The van der Waals surface area contributed by atoms with Crippen LogP contribution in [0.2, 0.25) is 0 Å². The first-order chi connectivity index (χ1) is 25.0. The molecule has 0 saturated carbocycles. The molecule has 17 heteroatoms.